The molecule has 1 aliphatic carbocycles. The predicted molar refractivity (Wildman–Crippen MR) is 60.6 cm³/mol. The Bertz CT molecular complexity index is 274. The lowest BCUT2D eigenvalue weighted by Crippen LogP contribution is -1.94. The van der Waals surface area contributed by atoms with Crippen molar-refractivity contribution in [1.29, 1.82) is 0 Å². The maximum atomic E-state index is 12.0. The number of rotatable bonds is 4. The summed E-state index contributed by atoms with van der Waals surface area (Å²) in [6.07, 6.45) is 4.69. The van der Waals surface area contributed by atoms with Crippen LogP contribution in [0.3, 0.4) is 0 Å². The second-order valence-electron chi connectivity index (χ2n) is 3.57. The fourth-order valence-corrected chi connectivity index (χ4v) is 2.91. The third-order valence-electron chi connectivity index (χ3n) is 2.36. The summed E-state index contributed by atoms with van der Waals surface area (Å²) in [5.41, 5.74) is 2.70. The van der Waals surface area contributed by atoms with Gasteiger partial charge in [-0.1, -0.05) is 18.8 Å². The van der Waals surface area contributed by atoms with E-state index in [9.17, 15) is 4.57 Å². The van der Waals surface area contributed by atoms with Crippen LogP contribution in [0.1, 0.15) is 39.5 Å². The highest BCUT2D eigenvalue weighted by atomic mass is 31.2. The van der Waals surface area contributed by atoms with Gasteiger partial charge >= 0.3 is 7.60 Å². The second-order valence-corrected chi connectivity index (χ2v) is 5.31. The van der Waals surface area contributed by atoms with Gasteiger partial charge in [0.1, 0.15) is 0 Å². The van der Waals surface area contributed by atoms with Gasteiger partial charge in [-0.15, -0.1) is 0 Å². The van der Waals surface area contributed by atoms with Crippen molar-refractivity contribution in [3.8, 4) is 11.6 Å². The van der Waals surface area contributed by atoms with Crippen LogP contribution in [-0.2, 0) is 13.6 Å². The average Bonchev–Trinajstić information content (AvgIpc) is 2.68. The first-order valence-corrected chi connectivity index (χ1v) is 7.16. The molecule has 1 aliphatic rings. The number of hydrogen-bond acceptors (Lipinski definition) is 3. The van der Waals surface area contributed by atoms with Crippen LogP contribution in [0.4, 0.5) is 0 Å². The van der Waals surface area contributed by atoms with Crippen molar-refractivity contribution in [2.75, 3.05) is 13.2 Å². The molecule has 0 amide bonds. The molecule has 0 aromatic rings. The molecule has 1 fully saturated rings. The Hall–Kier alpha value is -0.290. The van der Waals surface area contributed by atoms with E-state index in [1.807, 2.05) is 0 Å². The highest BCUT2D eigenvalue weighted by Crippen LogP contribution is 2.47. The van der Waals surface area contributed by atoms with Gasteiger partial charge in [0.15, 0.2) is 0 Å². The SMILES string of the molecule is CCOP(=O)(C#CC1CCCC1)OCC. The molecule has 86 valence electrons. The molecule has 0 unspecified atom stereocenters. The molecule has 0 spiro atoms. The van der Waals surface area contributed by atoms with Crippen LogP contribution in [0.25, 0.3) is 0 Å². The topological polar surface area (TPSA) is 35.5 Å². The molecule has 1 rings (SSSR count). The standard InChI is InChI=1S/C11H19O3P/c1-3-13-15(12,14-4-2)10-9-11-7-5-6-8-11/h11H,3-8H2,1-2H3. The smallest absolute Gasteiger partial charge is 0.300 e. The molecule has 15 heavy (non-hydrogen) atoms. The van der Waals surface area contributed by atoms with E-state index in [4.69, 9.17) is 9.05 Å². The maximum Gasteiger partial charge on any atom is 0.405 e. The molecule has 4 heteroatoms. The highest BCUT2D eigenvalue weighted by molar-refractivity contribution is 7.59. The summed E-state index contributed by atoms with van der Waals surface area (Å²) >= 11 is 0. The fraction of sp³-hybridized carbons (Fsp3) is 0.818. The third kappa shape index (κ3) is 4.38. The summed E-state index contributed by atoms with van der Waals surface area (Å²) in [6.45, 7) is 4.33. The zero-order valence-electron chi connectivity index (χ0n) is 9.49. The van der Waals surface area contributed by atoms with Gasteiger partial charge in [-0.25, -0.2) is 4.57 Å². The molecule has 3 nitrogen and oxygen atoms in total. The Morgan fingerprint density at radius 3 is 2.20 bits per heavy atom. The van der Waals surface area contributed by atoms with E-state index in [1.54, 1.807) is 13.8 Å². The summed E-state index contributed by atoms with van der Waals surface area (Å²) in [7, 11) is -3.13. The molecular formula is C11H19O3P. The van der Waals surface area contributed by atoms with Gasteiger partial charge in [0, 0.05) is 11.6 Å². The first-order valence-electron chi connectivity index (χ1n) is 5.62. The van der Waals surface area contributed by atoms with Crippen LogP contribution in [0.15, 0.2) is 0 Å². The van der Waals surface area contributed by atoms with Crippen LogP contribution < -0.4 is 0 Å². The van der Waals surface area contributed by atoms with Crippen molar-refractivity contribution in [3.05, 3.63) is 0 Å². The predicted octanol–water partition coefficient (Wildman–Crippen LogP) is 3.40. The van der Waals surface area contributed by atoms with E-state index in [0.29, 0.717) is 19.1 Å². The highest BCUT2D eigenvalue weighted by Gasteiger charge is 2.21. The molecule has 0 atom stereocenters. The van der Waals surface area contributed by atoms with Gasteiger partial charge < -0.3 is 0 Å². The van der Waals surface area contributed by atoms with Gasteiger partial charge in [-0.05, 0) is 26.7 Å². The van der Waals surface area contributed by atoms with E-state index < -0.39 is 7.60 Å². The molecular weight excluding hydrogens is 211 g/mol. The van der Waals surface area contributed by atoms with Crippen molar-refractivity contribution >= 4 is 7.60 Å². The van der Waals surface area contributed by atoms with Gasteiger partial charge in [0.25, 0.3) is 0 Å². The van der Waals surface area contributed by atoms with E-state index in [1.165, 1.54) is 12.8 Å². The molecule has 0 heterocycles. The van der Waals surface area contributed by atoms with E-state index in [2.05, 4.69) is 11.6 Å². The summed E-state index contributed by atoms with van der Waals surface area (Å²) in [4.78, 5) is 0. The summed E-state index contributed by atoms with van der Waals surface area (Å²) in [5.74, 6) is 3.42. The Labute approximate surface area is 92.1 Å². The maximum absolute atomic E-state index is 12.0. The van der Waals surface area contributed by atoms with Crippen LogP contribution in [0, 0.1) is 17.5 Å². The average molecular weight is 230 g/mol. The van der Waals surface area contributed by atoms with Crippen molar-refractivity contribution < 1.29 is 13.6 Å². The van der Waals surface area contributed by atoms with Crippen molar-refractivity contribution in [2.45, 2.75) is 39.5 Å². The minimum atomic E-state index is -3.13. The Morgan fingerprint density at radius 1 is 1.20 bits per heavy atom. The molecule has 1 saturated carbocycles. The molecule has 0 bridgehead atoms. The largest absolute Gasteiger partial charge is 0.405 e. The molecule has 0 radical (unpaired) electrons. The molecule has 0 aliphatic heterocycles. The number of hydrogen-bond donors (Lipinski definition) is 0. The summed E-state index contributed by atoms with van der Waals surface area (Å²) in [5, 5.41) is 0. The summed E-state index contributed by atoms with van der Waals surface area (Å²) < 4.78 is 22.1. The first-order chi connectivity index (χ1) is 7.20. The zero-order chi connectivity index (χ0) is 11.1. The Balaban J connectivity index is 2.59. The minimum Gasteiger partial charge on any atom is -0.300 e. The van der Waals surface area contributed by atoms with Crippen molar-refractivity contribution in [1.82, 2.24) is 0 Å². The van der Waals surface area contributed by atoms with E-state index >= 15 is 0 Å². The van der Waals surface area contributed by atoms with Crippen molar-refractivity contribution in [2.24, 2.45) is 5.92 Å². The molecule has 0 N–H and O–H groups in total. The van der Waals surface area contributed by atoms with E-state index in [-0.39, 0.29) is 0 Å². The Morgan fingerprint density at radius 2 is 1.73 bits per heavy atom. The van der Waals surface area contributed by atoms with Crippen LogP contribution in [0.5, 0.6) is 0 Å². The van der Waals surface area contributed by atoms with Gasteiger partial charge in [-0.2, -0.15) is 0 Å². The first kappa shape index (κ1) is 12.8. The zero-order valence-corrected chi connectivity index (χ0v) is 10.4. The lowest BCUT2D eigenvalue weighted by molar-refractivity contribution is 0.230. The van der Waals surface area contributed by atoms with Crippen molar-refractivity contribution in [3.63, 3.8) is 0 Å². The van der Waals surface area contributed by atoms with Crippen LogP contribution >= 0.6 is 7.60 Å². The molecule has 0 aromatic carbocycles. The van der Waals surface area contributed by atoms with E-state index in [0.717, 1.165) is 12.8 Å². The van der Waals surface area contributed by atoms with Crippen LogP contribution in [0.2, 0.25) is 0 Å². The Kier molecular flexibility index (Phi) is 5.39. The third-order valence-corrected chi connectivity index (χ3v) is 3.96. The van der Waals surface area contributed by atoms with Gasteiger partial charge in [-0.3, -0.25) is 9.05 Å². The normalized spacial score (nSPS) is 17.5. The second kappa shape index (κ2) is 6.33. The lowest BCUT2D eigenvalue weighted by atomic mass is 10.1. The monoisotopic (exact) mass is 230 g/mol. The minimum absolute atomic E-state index is 0.372. The molecule has 0 aromatic heterocycles. The molecule has 0 saturated heterocycles. The van der Waals surface area contributed by atoms with Crippen LogP contribution in [-0.4, -0.2) is 13.2 Å². The quantitative estimate of drug-likeness (QED) is 0.548. The fourth-order valence-electron chi connectivity index (χ4n) is 1.68. The lowest BCUT2D eigenvalue weighted by Gasteiger charge is -2.10. The van der Waals surface area contributed by atoms with Gasteiger partial charge in [0.05, 0.1) is 13.2 Å². The van der Waals surface area contributed by atoms with Gasteiger partial charge in [0.2, 0.25) is 0 Å². The summed E-state index contributed by atoms with van der Waals surface area (Å²) in [6, 6.07) is 0.